The number of aromatic nitrogens is 1. The summed E-state index contributed by atoms with van der Waals surface area (Å²) in [7, 11) is 0. The van der Waals surface area contributed by atoms with Gasteiger partial charge in [0.05, 0.1) is 22.4 Å². The van der Waals surface area contributed by atoms with Gasteiger partial charge in [-0.25, -0.2) is 0 Å². The summed E-state index contributed by atoms with van der Waals surface area (Å²) < 4.78 is 5.09. The lowest BCUT2D eigenvalue weighted by Gasteiger charge is -2.26. The molecule has 2 aromatic heterocycles. The highest BCUT2D eigenvalue weighted by molar-refractivity contribution is 7.26. The van der Waals surface area contributed by atoms with Crippen molar-refractivity contribution < 1.29 is 0 Å². The van der Waals surface area contributed by atoms with E-state index in [4.69, 9.17) is 4.99 Å². The van der Waals surface area contributed by atoms with Gasteiger partial charge in [0.2, 0.25) is 0 Å². The number of fused-ring (bicyclic) bond motifs is 10. The van der Waals surface area contributed by atoms with Gasteiger partial charge in [-0.3, -0.25) is 9.98 Å². The Balaban J connectivity index is 1.24. The summed E-state index contributed by atoms with van der Waals surface area (Å²) in [4.78, 5) is 10.2. The summed E-state index contributed by atoms with van der Waals surface area (Å²) in [6, 6.07) is 31.6. The Kier molecular flexibility index (Phi) is 6.66. The minimum Gasteiger partial charge on any atom is -0.320 e. The lowest BCUT2D eigenvalue weighted by atomic mass is 9.81. The number of aliphatic imine (C=N–C) groups is 2. The molecule has 0 amide bonds. The predicted molar refractivity (Wildman–Crippen MR) is 212 cm³/mol. The van der Waals surface area contributed by atoms with Crippen molar-refractivity contribution in [2.24, 2.45) is 9.98 Å². The molecule has 0 radical (unpaired) electrons. The van der Waals surface area contributed by atoms with E-state index >= 15 is 0 Å². The molecule has 0 saturated heterocycles. The molecule has 3 aliphatic rings. The molecule has 7 aromatic rings. The van der Waals surface area contributed by atoms with Gasteiger partial charge in [-0.15, -0.1) is 11.3 Å². The first-order valence-corrected chi connectivity index (χ1v) is 18.3. The Morgan fingerprint density at radius 3 is 2.31 bits per heavy atom. The number of thiophene rings is 1. The molecule has 3 aliphatic carbocycles. The van der Waals surface area contributed by atoms with Crippen LogP contribution in [0.1, 0.15) is 38.5 Å². The summed E-state index contributed by atoms with van der Waals surface area (Å²) >= 11 is 1.89. The van der Waals surface area contributed by atoms with E-state index in [1.165, 1.54) is 85.8 Å². The minimum atomic E-state index is 0.522. The zero-order valence-corrected chi connectivity index (χ0v) is 28.2. The van der Waals surface area contributed by atoms with E-state index in [1.54, 1.807) is 0 Å². The highest BCUT2D eigenvalue weighted by Crippen LogP contribution is 2.44. The molecule has 236 valence electrons. The van der Waals surface area contributed by atoms with E-state index in [1.807, 2.05) is 11.3 Å². The second-order valence-electron chi connectivity index (χ2n) is 13.5. The molecule has 0 unspecified atom stereocenters. The molecule has 3 nitrogen and oxygen atoms in total. The molecule has 0 saturated carbocycles. The lowest BCUT2D eigenvalue weighted by molar-refractivity contribution is 0.781. The Morgan fingerprint density at radius 2 is 1.49 bits per heavy atom. The molecule has 2 heterocycles. The number of rotatable bonds is 5. The minimum absolute atomic E-state index is 0.522. The van der Waals surface area contributed by atoms with Crippen molar-refractivity contribution >= 4 is 87.3 Å². The van der Waals surface area contributed by atoms with Crippen LogP contribution in [0.25, 0.3) is 63.5 Å². The molecule has 5 aromatic carbocycles. The topological polar surface area (TPSA) is 29.6 Å². The average Bonchev–Trinajstić information content (AvgIpc) is 3.69. The maximum Gasteiger partial charge on any atom is 0.115 e. The second-order valence-corrected chi connectivity index (χ2v) is 14.6. The predicted octanol–water partition coefficient (Wildman–Crippen LogP) is 12.5. The van der Waals surface area contributed by atoms with Crippen LogP contribution in [-0.2, 0) is 6.67 Å². The van der Waals surface area contributed by atoms with Gasteiger partial charge < -0.3 is 4.57 Å². The zero-order valence-electron chi connectivity index (χ0n) is 27.4. The molecular formula is C45H35N3S. The smallest absolute Gasteiger partial charge is 0.115 e. The maximum atomic E-state index is 5.56. The van der Waals surface area contributed by atoms with E-state index in [0.717, 1.165) is 49.9 Å². The van der Waals surface area contributed by atoms with Gasteiger partial charge in [-0.05, 0) is 102 Å². The van der Waals surface area contributed by atoms with Gasteiger partial charge in [-0.2, -0.15) is 0 Å². The zero-order chi connectivity index (χ0) is 32.5. The molecule has 10 rings (SSSR count). The SMILES string of the molecule is C=NC1=C(C(=NCn2c3cc4sc5ccc6ccccc6c5c4cc3c3c4ccccc4ccc32)C2=CCCC=C2)CCC2=C1C=CCC2. The van der Waals surface area contributed by atoms with Crippen LogP contribution in [0.5, 0.6) is 0 Å². The standard InChI is InChI=1S/C45H35N3S/c1-46-45-34-18-10-7-13-30(34)19-22-35(45)44(31-14-3-2-4-15-31)47-27-48-38-23-20-28-11-5-8-16-32(28)42(38)36-25-37-41(26-39(36)48)49-40-24-21-29-12-6-9-17-33(29)43(37)40/h3,5-6,8-12,14-18,20-21,23-26H,1-2,4,7,13,19,22,27H2. The fraction of sp³-hybridized carbons (Fsp3) is 0.156. The highest BCUT2D eigenvalue weighted by Gasteiger charge is 2.26. The lowest BCUT2D eigenvalue weighted by Crippen LogP contribution is -2.16. The summed E-state index contributed by atoms with van der Waals surface area (Å²) in [6.45, 7) is 4.59. The second kappa shape index (κ2) is 11.4. The third-order valence-electron chi connectivity index (χ3n) is 10.8. The molecule has 0 fully saturated rings. The van der Waals surface area contributed by atoms with Crippen molar-refractivity contribution in [2.45, 2.75) is 45.2 Å². The first kappa shape index (κ1) is 28.7. The molecule has 0 bridgehead atoms. The average molecular weight is 650 g/mol. The number of allylic oxidation sites excluding steroid dienone is 8. The summed E-state index contributed by atoms with van der Waals surface area (Å²) in [5, 5.41) is 10.4. The third kappa shape index (κ3) is 4.47. The van der Waals surface area contributed by atoms with Gasteiger partial charge in [0.25, 0.3) is 0 Å². The van der Waals surface area contributed by atoms with E-state index in [-0.39, 0.29) is 0 Å². The molecule has 0 atom stereocenters. The van der Waals surface area contributed by atoms with E-state index in [0.29, 0.717) is 6.67 Å². The molecule has 0 N–H and O–H groups in total. The number of hydrogen-bond acceptors (Lipinski definition) is 3. The van der Waals surface area contributed by atoms with Crippen LogP contribution < -0.4 is 0 Å². The van der Waals surface area contributed by atoms with E-state index < -0.39 is 0 Å². The van der Waals surface area contributed by atoms with Crippen LogP contribution in [0.2, 0.25) is 0 Å². The molecular weight excluding hydrogens is 615 g/mol. The monoisotopic (exact) mass is 649 g/mol. The summed E-state index contributed by atoms with van der Waals surface area (Å²) in [5.74, 6) is 0. The fourth-order valence-corrected chi connectivity index (χ4v) is 9.67. The van der Waals surface area contributed by atoms with Crippen molar-refractivity contribution in [1.82, 2.24) is 4.57 Å². The van der Waals surface area contributed by atoms with Crippen molar-refractivity contribution in [3.63, 3.8) is 0 Å². The molecule has 0 aliphatic heterocycles. The quantitative estimate of drug-likeness (QED) is 0.166. The van der Waals surface area contributed by atoms with Crippen molar-refractivity contribution in [3.8, 4) is 0 Å². The van der Waals surface area contributed by atoms with Crippen molar-refractivity contribution in [1.29, 1.82) is 0 Å². The van der Waals surface area contributed by atoms with Crippen LogP contribution in [0.15, 0.2) is 153 Å². The molecule has 49 heavy (non-hydrogen) atoms. The molecule has 0 spiro atoms. The number of benzene rings is 5. The Bertz CT molecular complexity index is 2750. The summed E-state index contributed by atoms with van der Waals surface area (Å²) in [6.07, 6.45) is 17.8. The first-order valence-electron chi connectivity index (χ1n) is 17.5. The Hall–Kier alpha value is -5.32. The Labute approximate surface area is 289 Å². The maximum absolute atomic E-state index is 5.56. The van der Waals surface area contributed by atoms with Gasteiger partial charge >= 0.3 is 0 Å². The Morgan fingerprint density at radius 1 is 0.694 bits per heavy atom. The number of hydrogen-bond donors (Lipinski definition) is 0. The van der Waals surface area contributed by atoms with Gasteiger partial charge in [-0.1, -0.05) is 96.6 Å². The summed E-state index contributed by atoms with van der Waals surface area (Å²) in [5.41, 5.74) is 9.73. The normalized spacial score (nSPS) is 17.0. The van der Waals surface area contributed by atoms with Crippen molar-refractivity contribution in [3.05, 3.63) is 143 Å². The van der Waals surface area contributed by atoms with Gasteiger partial charge in [0, 0.05) is 36.5 Å². The molecule has 4 heteroatoms. The van der Waals surface area contributed by atoms with Crippen LogP contribution in [0, 0.1) is 0 Å². The van der Waals surface area contributed by atoms with Crippen molar-refractivity contribution in [2.75, 3.05) is 0 Å². The van der Waals surface area contributed by atoms with Crippen LogP contribution in [0.4, 0.5) is 0 Å². The van der Waals surface area contributed by atoms with E-state index in [9.17, 15) is 0 Å². The first-order chi connectivity index (χ1) is 24.3. The largest absolute Gasteiger partial charge is 0.320 e. The fourth-order valence-electron chi connectivity index (χ4n) is 8.53. The van der Waals surface area contributed by atoms with Gasteiger partial charge in [0.15, 0.2) is 0 Å². The number of nitrogens with zero attached hydrogens (tertiary/aromatic N) is 3. The van der Waals surface area contributed by atoms with Crippen LogP contribution in [-0.4, -0.2) is 17.0 Å². The van der Waals surface area contributed by atoms with E-state index in [2.05, 4.69) is 132 Å². The highest BCUT2D eigenvalue weighted by atomic mass is 32.1. The van der Waals surface area contributed by atoms with Crippen LogP contribution >= 0.6 is 11.3 Å². The third-order valence-corrected chi connectivity index (χ3v) is 11.9. The van der Waals surface area contributed by atoms with Gasteiger partial charge in [0.1, 0.15) is 6.67 Å². The van der Waals surface area contributed by atoms with Crippen LogP contribution in [0.3, 0.4) is 0 Å².